The fraction of sp³-hybridized carbons (Fsp3) is 0.308. The summed E-state index contributed by atoms with van der Waals surface area (Å²) in [6, 6.07) is 12.1. The average molecular weight is 441 g/mol. The number of imide groups is 1. The Kier molecular flexibility index (Phi) is 4.30. The number of nitrogens with zero attached hydrogens (tertiary/aromatic N) is 1. The van der Waals surface area contributed by atoms with Gasteiger partial charge in [0.2, 0.25) is 11.8 Å². The van der Waals surface area contributed by atoms with Gasteiger partial charge in [-0.05, 0) is 54.9 Å². The predicted molar refractivity (Wildman–Crippen MR) is 121 cm³/mol. The molecular weight excluding hydrogens is 418 g/mol. The molecule has 7 rings (SSSR count). The lowest BCUT2D eigenvalue weighted by atomic mass is 9.63. The highest BCUT2D eigenvalue weighted by Gasteiger charge is 2.57. The summed E-state index contributed by atoms with van der Waals surface area (Å²) >= 11 is 0. The number of urea groups is 1. The molecule has 4 aliphatic carbocycles. The van der Waals surface area contributed by atoms with Crippen LogP contribution >= 0.6 is 0 Å². The van der Waals surface area contributed by atoms with Gasteiger partial charge in [-0.2, -0.15) is 0 Å². The maximum Gasteiger partial charge on any atom is 0.320 e. The summed E-state index contributed by atoms with van der Waals surface area (Å²) in [6.07, 6.45) is 5.23. The maximum atomic E-state index is 13.1. The van der Waals surface area contributed by atoms with Crippen molar-refractivity contribution in [3.63, 3.8) is 0 Å². The maximum absolute atomic E-state index is 13.1. The third kappa shape index (κ3) is 2.88. The van der Waals surface area contributed by atoms with E-state index in [1.54, 1.807) is 25.1 Å². The van der Waals surface area contributed by atoms with Crippen molar-refractivity contribution in [3.8, 4) is 11.1 Å². The summed E-state index contributed by atoms with van der Waals surface area (Å²) in [5.74, 6) is -0.866. The van der Waals surface area contributed by atoms with E-state index in [4.69, 9.17) is 0 Å². The van der Waals surface area contributed by atoms with E-state index in [1.165, 1.54) is 4.90 Å². The minimum absolute atomic E-state index is 0.0721. The molecule has 0 spiro atoms. The van der Waals surface area contributed by atoms with Crippen molar-refractivity contribution in [3.05, 3.63) is 65.7 Å². The highest BCUT2D eigenvalue weighted by molar-refractivity contribution is 6.22. The van der Waals surface area contributed by atoms with Crippen LogP contribution in [0.2, 0.25) is 0 Å². The molecule has 166 valence electrons. The minimum Gasteiger partial charge on any atom is -0.317 e. The molecule has 7 nitrogen and oxygen atoms in total. The summed E-state index contributed by atoms with van der Waals surface area (Å²) < 4.78 is 0. The Morgan fingerprint density at radius 2 is 1.48 bits per heavy atom. The number of benzene rings is 2. The first kappa shape index (κ1) is 19.9. The van der Waals surface area contributed by atoms with E-state index in [-0.39, 0.29) is 41.3 Å². The molecule has 1 saturated carbocycles. The molecule has 2 bridgehead atoms. The molecule has 2 aromatic rings. The number of allylic oxidation sites excluding steroid dienone is 2. The van der Waals surface area contributed by atoms with E-state index in [0.717, 1.165) is 24.0 Å². The van der Waals surface area contributed by atoms with E-state index >= 15 is 0 Å². The molecule has 2 fully saturated rings. The van der Waals surface area contributed by atoms with E-state index in [0.29, 0.717) is 16.8 Å². The van der Waals surface area contributed by atoms with Crippen LogP contribution in [0.5, 0.6) is 0 Å². The van der Waals surface area contributed by atoms with Gasteiger partial charge < -0.3 is 10.6 Å². The Morgan fingerprint density at radius 1 is 0.879 bits per heavy atom. The first-order chi connectivity index (χ1) is 15.9. The molecular formula is C26H23N3O4. The molecule has 4 amide bonds. The predicted octanol–water partition coefficient (Wildman–Crippen LogP) is 3.56. The van der Waals surface area contributed by atoms with E-state index in [1.807, 2.05) is 24.3 Å². The number of amides is 4. The standard InChI is InChI=1S/C26H23N3O4/c1-13(29-24(31)21-14-6-7-15(9-8-14)22(21)25(29)32)27-26(33)28-16-10-11-18-17-4-2-3-5-19(17)23(30)20(18)12-16/h2-7,10-15,21-22H,8-9H2,1H3,(H2,27,28,33)/t13-,14+,15+,21+,22+/m1/s1. The van der Waals surface area contributed by atoms with Gasteiger partial charge in [0.15, 0.2) is 5.78 Å². The number of nitrogens with one attached hydrogen (secondary N) is 2. The van der Waals surface area contributed by atoms with E-state index < -0.39 is 12.2 Å². The topological polar surface area (TPSA) is 95.6 Å². The number of fused-ring (bicyclic) bond motifs is 4. The molecule has 2 aromatic carbocycles. The van der Waals surface area contributed by atoms with Crippen LogP contribution in [0.3, 0.4) is 0 Å². The smallest absolute Gasteiger partial charge is 0.317 e. The van der Waals surface area contributed by atoms with Crippen molar-refractivity contribution in [2.24, 2.45) is 23.7 Å². The zero-order chi connectivity index (χ0) is 22.9. The third-order valence-corrected chi connectivity index (χ3v) is 7.50. The van der Waals surface area contributed by atoms with Gasteiger partial charge in [0.1, 0.15) is 6.17 Å². The van der Waals surface area contributed by atoms with Gasteiger partial charge >= 0.3 is 6.03 Å². The van der Waals surface area contributed by atoms with Gasteiger partial charge in [-0.3, -0.25) is 19.3 Å². The number of hydrogen-bond acceptors (Lipinski definition) is 4. The van der Waals surface area contributed by atoms with Crippen LogP contribution in [-0.4, -0.2) is 34.7 Å². The summed E-state index contributed by atoms with van der Waals surface area (Å²) in [5.41, 5.74) is 3.39. The van der Waals surface area contributed by atoms with Crippen molar-refractivity contribution in [1.29, 1.82) is 0 Å². The van der Waals surface area contributed by atoms with Crippen LogP contribution in [0.4, 0.5) is 10.5 Å². The van der Waals surface area contributed by atoms with Crippen LogP contribution in [0.1, 0.15) is 35.7 Å². The summed E-state index contributed by atoms with van der Waals surface area (Å²) in [5, 5.41) is 5.45. The molecule has 33 heavy (non-hydrogen) atoms. The largest absolute Gasteiger partial charge is 0.320 e. The molecule has 0 aromatic heterocycles. The molecule has 2 N–H and O–H groups in total. The van der Waals surface area contributed by atoms with Gasteiger partial charge in [0, 0.05) is 16.8 Å². The molecule has 1 aliphatic heterocycles. The Labute approximate surface area is 190 Å². The second kappa shape index (κ2) is 7.13. The van der Waals surface area contributed by atoms with Crippen molar-refractivity contribution in [2.45, 2.75) is 25.9 Å². The summed E-state index contributed by atoms with van der Waals surface area (Å²) in [7, 11) is 0. The number of likely N-dealkylation sites (tertiary alicyclic amines) is 1. The lowest BCUT2D eigenvalue weighted by Gasteiger charge is -2.38. The van der Waals surface area contributed by atoms with Gasteiger partial charge in [-0.25, -0.2) is 4.79 Å². The molecule has 0 unspecified atom stereocenters. The Morgan fingerprint density at radius 3 is 2.12 bits per heavy atom. The first-order valence-electron chi connectivity index (χ1n) is 11.3. The van der Waals surface area contributed by atoms with Crippen LogP contribution in [-0.2, 0) is 9.59 Å². The second-order valence-corrected chi connectivity index (χ2v) is 9.30. The number of ketones is 1. The lowest BCUT2D eigenvalue weighted by Crippen LogP contribution is -2.50. The lowest BCUT2D eigenvalue weighted by molar-refractivity contribution is -0.142. The van der Waals surface area contributed by atoms with Gasteiger partial charge in [0.25, 0.3) is 0 Å². The SMILES string of the molecule is C[C@H](NC(=O)Nc1ccc2c(c1)C(=O)c1ccccc1-2)N1C(=O)[C@@H]2[C@@H](C1=O)[C@H]1C=C[C@H]2CC1. The third-order valence-electron chi connectivity index (χ3n) is 7.50. The van der Waals surface area contributed by atoms with Gasteiger partial charge in [-0.15, -0.1) is 0 Å². The number of anilines is 1. The van der Waals surface area contributed by atoms with Gasteiger partial charge in [-0.1, -0.05) is 42.5 Å². The highest BCUT2D eigenvalue weighted by atomic mass is 16.2. The number of carbonyl (C=O) groups excluding carboxylic acids is 4. The second-order valence-electron chi connectivity index (χ2n) is 9.30. The van der Waals surface area contributed by atoms with Crippen LogP contribution in [0, 0.1) is 23.7 Å². The Hall–Kier alpha value is -3.74. The van der Waals surface area contributed by atoms with Crippen molar-refractivity contribution < 1.29 is 19.2 Å². The van der Waals surface area contributed by atoms with Crippen molar-refractivity contribution in [2.75, 3.05) is 5.32 Å². The zero-order valence-corrected chi connectivity index (χ0v) is 18.1. The number of rotatable bonds is 3. The quantitative estimate of drug-likeness (QED) is 0.480. The van der Waals surface area contributed by atoms with Crippen LogP contribution < -0.4 is 10.6 Å². The van der Waals surface area contributed by atoms with Crippen molar-refractivity contribution in [1.82, 2.24) is 10.2 Å². The van der Waals surface area contributed by atoms with E-state index in [2.05, 4.69) is 22.8 Å². The molecule has 5 aliphatic rings. The summed E-state index contributed by atoms with van der Waals surface area (Å²) in [6.45, 7) is 1.64. The molecule has 5 atom stereocenters. The Bertz CT molecular complexity index is 1230. The molecule has 7 heteroatoms. The number of hydrogen-bond donors (Lipinski definition) is 2. The van der Waals surface area contributed by atoms with Crippen LogP contribution in [0.15, 0.2) is 54.6 Å². The highest BCUT2D eigenvalue weighted by Crippen LogP contribution is 2.49. The zero-order valence-electron chi connectivity index (χ0n) is 18.1. The fourth-order valence-corrected chi connectivity index (χ4v) is 6.01. The van der Waals surface area contributed by atoms with Gasteiger partial charge in [0.05, 0.1) is 11.8 Å². The van der Waals surface area contributed by atoms with E-state index in [9.17, 15) is 19.2 Å². The summed E-state index contributed by atoms with van der Waals surface area (Å²) in [4.78, 5) is 52.7. The molecule has 0 radical (unpaired) electrons. The average Bonchev–Trinajstić information content (AvgIpc) is 3.27. The normalized spacial score (nSPS) is 27.3. The van der Waals surface area contributed by atoms with Crippen LogP contribution in [0.25, 0.3) is 11.1 Å². The molecule has 1 saturated heterocycles. The fourth-order valence-electron chi connectivity index (χ4n) is 6.01. The molecule has 1 heterocycles. The monoisotopic (exact) mass is 441 g/mol. The Balaban J connectivity index is 1.16. The minimum atomic E-state index is -0.768. The van der Waals surface area contributed by atoms with Crippen molar-refractivity contribution >= 4 is 29.3 Å². The first-order valence-corrected chi connectivity index (χ1v) is 11.3. The number of carbonyl (C=O) groups is 4.